The normalized spacial score (nSPS) is 11.4. The second-order valence-electron chi connectivity index (χ2n) is 3.73. The highest BCUT2D eigenvalue weighted by Crippen LogP contribution is 2.18. The Bertz CT molecular complexity index is 538. The molecule has 0 aliphatic carbocycles. The van der Waals surface area contributed by atoms with Crippen LogP contribution in [0.1, 0.15) is 24.2 Å². The number of benzene rings is 1. The molecule has 7 heteroatoms. The molecule has 19 heavy (non-hydrogen) atoms. The van der Waals surface area contributed by atoms with Crippen LogP contribution < -0.4 is 4.72 Å². The Morgan fingerprint density at radius 3 is 2.37 bits per heavy atom. The van der Waals surface area contributed by atoms with Gasteiger partial charge in [-0.05, 0) is 12.1 Å². The summed E-state index contributed by atoms with van der Waals surface area (Å²) in [6.07, 6.45) is 0. The van der Waals surface area contributed by atoms with Crippen molar-refractivity contribution in [3.05, 3.63) is 29.8 Å². The summed E-state index contributed by atoms with van der Waals surface area (Å²) in [6.45, 7) is 4.20. The number of nitrogens with one attached hydrogen (secondary N) is 1. The van der Waals surface area contributed by atoms with E-state index in [-0.39, 0.29) is 11.3 Å². The van der Waals surface area contributed by atoms with Gasteiger partial charge in [0.05, 0.1) is 18.4 Å². The molecule has 0 amide bonds. The van der Waals surface area contributed by atoms with Crippen molar-refractivity contribution in [3.8, 4) is 0 Å². The molecule has 0 fully saturated rings. The molecular weight excluding hydrogens is 268 g/mol. The van der Waals surface area contributed by atoms with Gasteiger partial charge in [-0.15, -0.1) is 0 Å². The van der Waals surface area contributed by atoms with Gasteiger partial charge in [0.15, 0.2) is 0 Å². The number of hydrogen-bond donors (Lipinski definition) is 1. The summed E-state index contributed by atoms with van der Waals surface area (Å²) in [4.78, 5) is 11.6. The maximum Gasteiger partial charge on any atom is 0.339 e. The maximum atomic E-state index is 12.1. The average molecular weight is 286 g/mol. The van der Waals surface area contributed by atoms with Gasteiger partial charge in [-0.3, -0.25) is 4.72 Å². The molecule has 0 bridgehead atoms. The summed E-state index contributed by atoms with van der Waals surface area (Å²) in [6, 6.07) is 6.31. The first-order chi connectivity index (χ1) is 8.96. The Hall–Kier alpha value is -1.60. The van der Waals surface area contributed by atoms with Crippen LogP contribution in [0.3, 0.4) is 0 Å². The van der Waals surface area contributed by atoms with E-state index in [2.05, 4.69) is 9.46 Å². The van der Waals surface area contributed by atoms with Crippen LogP contribution >= 0.6 is 0 Å². The highest BCUT2D eigenvalue weighted by molar-refractivity contribution is 7.90. The quantitative estimate of drug-likeness (QED) is 0.804. The average Bonchev–Trinajstić information content (AvgIpc) is 2.39. The third-order valence-electron chi connectivity index (χ3n) is 2.62. The van der Waals surface area contributed by atoms with Crippen LogP contribution in [0.25, 0.3) is 0 Å². The summed E-state index contributed by atoms with van der Waals surface area (Å²) in [5.74, 6) is -0.585. The van der Waals surface area contributed by atoms with Crippen molar-refractivity contribution >= 4 is 21.9 Å². The van der Waals surface area contributed by atoms with Gasteiger partial charge in [-0.1, -0.05) is 26.0 Å². The number of hydrogen-bond acceptors (Lipinski definition) is 4. The van der Waals surface area contributed by atoms with Crippen molar-refractivity contribution in [2.75, 3.05) is 24.9 Å². The largest absolute Gasteiger partial charge is 0.465 e. The monoisotopic (exact) mass is 286 g/mol. The van der Waals surface area contributed by atoms with Crippen molar-refractivity contribution in [3.63, 3.8) is 0 Å². The van der Waals surface area contributed by atoms with E-state index < -0.39 is 16.2 Å². The molecule has 0 saturated heterocycles. The van der Waals surface area contributed by atoms with Gasteiger partial charge in [0, 0.05) is 13.1 Å². The van der Waals surface area contributed by atoms with Crippen molar-refractivity contribution < 1.29 is 17.9 Å². The lowest BCUT2D eigenvalue weighted by atomic mass is 10.2. The molecule has 0 atom stereocenters. The molecule has 1 aromatic rings. The van der Waals surface area contributed by atoms with Gasteiger partial charge < -0.3 is 4.74 Å². The minimum atomic E-state index is -3.66. The van der Waals surface area contributed by atoms with Gasteiger partial charge >= 0.3 is 16.2 Å². The third kappa shape index (κ3) is 3.68. The predicted molar refractivity (Wildman–Crippen MR) is 73.2 cm³/mol. The minimum Gasteiger partial charge on any atom is -0.465 e. The van der Waals surface area contributed by atoms with Gasteiger partial charge in [-0.2, -0.15) is 12.7 Å². The lowest BCUT2D eigenvalue weighted by molar-refractivity contribution is 0.0602. The molecule has 6 nitrogen and oxygen atoms in total. The minimum absolute atomic E-state index is 0.181. The molecule has 0 heterocycles. The molecule has 0 aliphatic rings. The molecule has 1 N–H and O–H groups in total. The molecule has 0 aliphatic heterocycles. The first-order valence-corrected chi connectivity index (χ1v) is 7.35. The lowest BCUT2D eigenvalue weighted by Gasteiger charge is -2.20. The van der Waals surface area contributed by atoms with Crippen LogP contribution in [-0.4, -0.2) is 38.9 Å². The summed E-state index contributed by atoms with van der Waals surface area (Å²) in [7, 11) is -2.42. The van der Waals surface area contributed by atoms with Gasteiger partial charge in [0.25, 0.3) is 0 Å². The van der Waals surface area contributed by atoms with E-state index >= 15 is 0 Å². The van der Waals surface area contributed by atoms with Crippen LogP contribution in [0.5, 0.6) is 0 Å². The Balaban J connectivity index is 3.09. The fourth-order valence-corrected chi connectivity index (χ4v) is 2.89. The van der Waals surface area contributed by atoms with Crippen molar-refractivity contribution in [2.45, 2.75) is 13.8 Å². The van der Waals surface area contributed by atoms with Crippen LogP contribution in [0.2, 0.25) is 0 Å². The lowest BCUT2D eigenvalue weighted by Crippen LogP contribution is -2.35. The zero-order chi connectivity index (χ0) is 14.5. The summed E-state index contributed by atoms with van der Waals surface area (Å²) >= 11 is 0. The first-order valence-electron chi connectivity index (χ1n) is 5.91. The fraction of sp³-hybridized carbons (Fsp3) is 0.417. The van der Waals surface area contributed by atoms with Gasteiger partial charge in [-0.25, -0.2) is 4.79 Å². The van der Waals surface area contributed by atoms with E-state index in [1.54, 1.807) is 26.0 Å². The van der Waals surface area contributed by atoms with Crippen molar-refractivity contribution in [2.24, 2.45) is 0 Å². The zero-order valence-electron chi connectivity index (χ0n) is 11.2. The molecule has 0 aromatic heterocycles. The molecule has 106 valence electrons. The molecule has 0 unspecified atom stereocenters. The molecular formula is C12H18N2O4S. The number of carbonyl (C=O) groups excluding carboxylic acids is 1. The van der Waals surface area contributed by atoms with E-state index in [1.165, 1.54) is 23.5 Å². The van der Waals surface area contributed by atoms with Gasteiger partial charge in [0.1, 0.15) is 0 Å². The van der Waals surface area contributed by atoms with E-state index in [1.807, 2.05) is 0 Å². The van der Waals surface area contributed by atoms with Crippen molar-refractivity contribution in [1.29, 1.82) is 0 Å². The number of esters is 1. The van der Waals surface area contributed by atoms with Crippen LogP contribution in [0, 0.1) is 0 Å². The molecule has 0 saturated carbocycles. The fourth-order valence-electron chi connectivity index (χ4n) is 1.63. The van der Waals surface area contributed by atoms with Gasteiger partial charge in [0.2, 0.25) is 0 Å². The number of rotatable bonds is 6. The van der Waals surface area contributed by atoms with Crippen LogP contribution in [0.15, 0.2) is 24.3 Å². The first kappa shape index (κ1) is 15.5. The summed E-state index contributed by atoms with van der Waals surface area (Å²) < 4.78 is 32.5. The molecule has 1 rings (SSSR count). The van der Waals surface area contributed by atoms with Crippen LogP contribution in [0.4, 0.5) is 5.69 Å². The summed E-state index contributed by atoms with van der Waals surface area (Å²) in [5.41, 5.74) is 0.391. The number of anilines is 1. The Kier molecular flexibility index (Phi) is 5.31. The molecule has 0 radical (unpaired) electrons. The Labute approximate surface area is 113 Å². The Morgan fingerprint density at radius 1 is 1.26 bits per heavy atom. The summed E-state index contributed by atoms with van der Waals surface area (Å²) in [5, 5.41) is 0. The SMILES string of the molecule is CCN(CC)S(=O)(=O)Nc1ccccc1C(=O)OC. The van der Waals surface area contributed by atoms with E-state index in [0.717, 1.165) is 0 Å². The van der Waals surface area contributed by atoms with E-state index in [4.69, 9.17) is 0 Å². The standard InChI is InChI=1S/C12H18N2O4S/c1-4-14(5-2)19(16,17)13-11-9-7-6-8-10(11)12(15)18-3/h6-9,13H,4-5H2,1-3H3. The zero-order valence-corrected chi connectivity index (χ0v) is 12.0. The second kappa shape index (κ2) is 6.53. The van der Waals surface area contributed by atoms with E-state index in [0.29, 0.717) is 13.1 Å². The number of ether oxygens (including phenoxy) is 1. The number of methoxy groups -OCH3 is 1. The maximum absolute atomic E-state index is 12.1. The number of para-hydroxylation sites is 1. The van der Waals surface area contributed by atoms with Crippen molar-refractivity contribution in [1.82, 2.24) is 4.31 Å². The predicted octanol–water partition coefficient (Wildman–Crippen LogP) is 1.47. The molecule has 0 spiro atoms. The third-order valence-corrected chi connectivity index (χ3v) is 4.29. The Morgan fingerprint density at radius 2 is 1.84 bits per heavy atom. The topological polar surface area (TPSA) is 75.7 Å². The second-order valence-corrected chi connectivity index (χ2v) is 5.40. The highest BCUT2D eigenvalue weighted by Gasteiger charge is 2.21. The number of carbonyl (C=O) groups is 1. The van der Waals surface area contributed by atoms with E-state index in [9.17, 15) is 13.2 Å². The number of nitrogens with zero attached hydrogens (tertiary/aromatic N) is 1. The molecule has 1 aromatic carbocycles. The smallest absolute Gasteiger partial charge is 0.339 e. The highest BCUT2D eigenvalue weighted by atomic mass is 32.2. The van der Waals surface area contributed by atoms with Crippen LogP contribution in [-0.2, 0) is 14.9 Å².